The molecule has 0 saturated carbocycles. The molecule has 2 fully saturated rings. The molecule has 164 valence electrons. The van der Waals surface area contributed by atoms with Crippen LogP contribution in [0.4, 0.5) is 0 Å². The summed E-state index contributed by atoms with van der Waals surface area (Å²) in [6.45, 7) is 6.61. The number of aromatic hydroxyl groups is 2. The molecule has 2 saturated heterocycles. The molecule has 0 amide bonds. The zero-order chi connectivity index (χ0) is 22.4. The van der Waals surface area contributed by atoms with Crippen molar-refractivity contribution in [3.05, 3.63) is 59.2 Å². The first-order valence-corrected chi connectivity index (χ1v) is 10.7. The van der Waals surface area contributed by atoms with Gasteiger partial charge in [0.1, 0.15) is 17.2 Å². The summed E-state index contributed by atoms with van der Waals surface area (Å²) < 4.78 is 11.9. The fourth-order valence-electron chi connectivity index (χ4n) is 5.39. The monoisotopic (exact) mass is 422 g/mol. The Morgan fingerprint density at radius 2 is 1.87 bits per heavy atom. The topological polar surface area (TPSA) is 76.0 Å². The van der Waals surface area contributed by atoms with E-state index in [-0.39, 0.29) is 45.9 Å². The molecule has 3 atom stereocenters. The number of ether oxygens (including phenoxy) is 2. The van der Waals surface area contributed by atoms with Crippen LogP contribution >= 0.6 is 0 Å². The molecule has 2 aliphatic heterocycles. The van der Waals surface area contributed by atoms with Gasteiger partial charge in [-0.15, -0.1) is 0 Å². The third-order valence-electron chi connectivity index (χ3n) is 7.23. The predicted octanol–water partition coefficient (Wildman–Crippen LogP) is 5.14. The quantitative estimate of drug-likeness (QED) is 0.498. The van der Waals surface area contributed by atoms with Gasteiger partial charge in [0, 0.05) is 5.56 Å². The van der Waals surface area contributed by atoms with Gasteiger partial charge in [-0.3, -0.25) is 4.79 Å². The van der Waals surface area contributed by atoms with E-state index in [1.54, 1.807) is 49.6 Å². The van der Waals surface area contributed by atoms with Gasteiger partial charge in [0.15, 0.2) is 5.78 Å². The highest BCUT2D eigenvalue weighted by Crippen LogP contribution is 2.59. The highest BCUT2D eigenvalue weighted by atomic mass is 16.5. The summed E-state index contributed by atoms with van der Waals surface area (Å²) in [6, 6.07) is 9.91. The Morgan fingerprint density at radius 1 is 1.16 bits per heavy atom. The SMILES string of the molecule is COc1ccc(C(=O)C=Cc2ccc(O)cc2)c(O)c1C[C@@H]1C(C)(C)[C@@H]2CC[C@@]1(C)O2. The number of hydrogen-bond acceptors (Lipinski definition) is 5. The van der Waals surface area contributed by atoms with Crippen molar-refractivity contribution >= 4 is 11.9 Å². The third kappa shape index (κ3) is 3.72. The first-order valence-electron chi connectivity index (χ1n) is 10.7. The minimum Gasteiger partial charge on any atom is -0.508 e. The molecule has 5 nitrogen and oxygen atoms in total. The number of rotatable bonds is 6. The summed E-state index contributed by atoms with van der Waals surface area (Å²) in [5.74, 6) is 0.642. The van der Waals surface area contributed by atoms with Gasteiger partial charge in [-0.25, -0.2) is 0 Å². The number of phenols is 2. The third-order valence-corrected chi connectivity index (χ3v) is 7.23. The molecule has 0 aliphatic carbocycles. The maximum absolute atomic E-state index is 12.9. The molecule has 2 N–H and O–H groups in total. The zero-order valence-corrected chi connectivity index (χ0v) is 18.5. The Morgan fingerprint density at radius 3 is 2.48 bits per heavy atom. The Balaban J connectivity index is 1.64. The first kappa shape index (κ1) is 21.4. The number of allylic oxidation sites excluding steroid dienone is 1. The van der Waals surface area contributed by atoms with Crippen LogP contribution in [0.5, 0.6) is 17.2 Å². The minimum atomic E-state index is -0.288. The van der Waals surface area contributed by atoms with Crippen molar-refractivity contribution < 1.29 is 24.5 Å². The summed E-state index contributed by atoms with van der Waals surface area (Å²) in [5.41, 5.74) is 1.43. The lowest BCUT2D eigenvalue weighted by Crippen LogP contribution is -2.41. The van der Waals surface area contributed by atoms with Crippen molar-refractivity contribution in [2.45, 2.75) is 51.7 Å². The van der Waals surface area contributed by atoms with Crippen LogP contribution in [-0.4, -0.2) is 34.8 Å². The lowest BCUT2D eigenvalue weighted by molar-refractivity contribution is 0.00588. The van der Waals surface area contributed by atoms with Gasteiger partial charge < -0.3 is 19.7 Å². The van der Waals surface area contributed by atoms with Crippen LogP contribution < -0.4 is 4.74 Å². The average molecular weight is 423 g/mol. The fourth-order valence-corrected chi connectivity index (χ4v) is 5.39. The molecule has 4 rings (SSSR count). The fraction of sp³-hybridized carbons (Fsp3) is 0.423. The number of phenolic OH excluding ortho intramolecular Hbond substituents is 2. The summed E-state index contributed by atoms with van der Waals surface area (Å²) in [4.78, 5) is 12.9. The molecule has 2 aromatic rings. The van der Waals surface area contributed by atoms with Crippen LogP contribution in [0.15, 0.2) is 42.5 Å². The number of carbonyl (C=O) groups is 1. The lowest BCUT2D eigenvalue weighted by atomic mass is 9.62. The molecule has 0 spiro atoms. The van der Waals surface area contributed by atoms with Crippen LogP contribution in [0.3, 0.4) is 0 Å². The van der Waals surface area contributed by atoms with E-state index in [0.717, 1.165) is 18.4 Å². The first-order chi connectivity index (χ1) is 14.7. The number of carbonyl (C=O) groups excluding carboxylic acids is 1. The molecular formula is C26H30O5. The van der Waals surface area contributed by atoms with E-state index in [9.17, 15) is 15.0 Å². The molecule has 2 bridgehead atoms. The van der Waals surface area contributed by atoms with Gasteiger partial charge in [-0.1, -0.05) is 32.1 Å². The smallest absolute Gasteiger partial charge is 0.189 e. The lowest BCUT2D eigenvalue weighted by Gasteiger charge is -2.39. The van der Waals surface area contributed by atoms with Crippen molar-refractivity contribution in [1.29, 1.82) is 0 Å². The normalized spacial score (nSPS) is 26.5. The second-order valence-electron chi connectivity index (χ2n) is 9.47. The Hall–Kier alpha value is -2.79. The van der Waals surface area contributed by atoms with E-state index in [2.05, 4.69) is 20.8 Å². The van der Waals surface area contributed by atoms with Crippen LogP contribution in [0, 0.1) is 11.3 Å². The minimum absolute atomic E-state index is 0.0246. The molecule has 0 unspecified atom stereocenters. The molecule has 5 heteroatoms. The highest BCUT2D eigenvalue weighted by molar-refractivity contribution is 6.09. The number of ketones is 1. The maximum atomic E-state index is 12.9. The van der Waals surface area contributed by atoms with E-state index in [1.165, 1.54) is 6.08 Å². The molecule has 0 radical (unpaired) electrons. The van der Waals surface area contributed by atoms with Crippen LogP contribution in [0.25, 0.3) is 6.08 Å². The number of methoxy groups -OCH3 is 1. The van der Waals surface area contributed by atoms with Crippen LogP contribution in [0.1, 0.15) is 55.1 Å². The van der Waals surface area contributed by atoms with Crippen LogP contribution in [-0.2, 0) is 11.2 Å². The van der Waals surface area contributed by atoms with Crippen molar-refractivity contribution in [3.8, 4) is 17.2 Å². The van der Waals surface area contributed by atoms with E-state index >= 15 is 0 Å². The molecule has 2 aromatic carbocycles. The predicted molar refractivity (Wildman–Crippen MR) is 120 cm³/mol. The highest BCUT2D eigenvalue weighted by Gasteiger charge is 2.60. The standard InChI is InChI=1S/C26H30O5/c1-25(2)22(26(3)14-13-23(25)31-26)15-19-21(30-4)12-10-18(24(19)29)20(28)11-7-16-5-8-17(27)9-6-16/h5-12,22-23,27,29H,13-15H2,1-4H3/t22-,23+,26-/m1/s1. The van der Waals surface area contributed by atoms with Crippen LogP contribution in [0.2, 0.25) is 0 Å². The second kappa shape index (κ2) is 7.72. The second-order valence-corrected chi connectivity index (χ2v) is 9.47. The van der Waals surface area contributed by atoms with Gasteiger partial charge in [-0.2, -0.15) is 0 Å². The zero-order valence-electron chi connectivity index (χ0n) is 18.5. The number of benzene rings is 2. The maximum Gasteiger partial charge on any atom is 0.189 e. The van der Waals surface area contributed by atoms with E-state index in [1.807, 2.05) is 0 Å². The average Bonchev–Trinajstić information content (AvgIpc) is 3.22. The molecule has 0 aromatic heterocycles. The van der Waals surface area contributed by atoms with Crippen molar-refractivity contribution in [2.24, 2.45) is 11.3 Å². The van der Waals surface area contributed by atoms with Gasteiger partial charge in [0.2, 0.25) is 0 Å². The van der Waals surface area contributed by atoms with E-state index in [0.29, 0.717) is 17.7 Å². The Labute approximate surface area is 183 Å². The van der Waals surface area contributed by atoms with Crippen molar-refractivity contribution in [2.75, 3.05) is 7.11 Å². The van der Waals surface area contributed by atoms with Gasteiger partial charge in [0.05, 0.1) is 24.4 Å². The molecule has 2 aliphatic rings. The molecule has 2 heterocycles. The summed E-state index contributed by atoms with van der Waals surface area (Å²) in [6.07, 6.45) is 5.96. The van der Waals surface area contributed by atoms with Crippen molar-refractivity contribution in [1.82, 2.24) is 0 Å². The summed E-state index contributed by atoms with van der Waals surface area (Å²) in [7, 11) is 1.58. The Kier molecular flexibility index (Phi) is 5.34. The Bertz CT molecular complexity index is 1020. The number of fused-ring (bicyclic) bond motifs is 2. The number of hydrogen-bond donors (Lipinski definition) is 2. The summed E-state index contributed by atoms with van der Waals surface area (Å²) >= 11 is 0. The van der Waals surface area contributed by atoms with Gasteiger partial charge in [-0.05, 0) is 73.4 Å². The van der Waals surface area contributed by atoms with E-state index < -0.39 is 0 Å². The van der Waals surface area contributed by atoms with E-state index in [4.69, 9.17) is 9.47 Å². The molecular weight excluding hydrogens is 392 g/mol. The van der Waals surface area contributed by atoms with Gasteiger partial charge in [0.25, 0.3) is 0 Å². The summed E-state index contributed by atoms with van der Waals surface area (Å²) in [5, 5.41) is 20.5. The molecule has 31 heavy (non-hydrogen) atoms. The van der Waals surface area contributed by atoms with Gasteiger partial charge >= 0.3 is 0 Å². The largest absolute Gasteiger partial charge is 0.508 e. The van der Waals surface area contributed by atoms with Crippen molar-refractivity contribution in [3.63, 3.8) is 0 Å².